The number of anilines is 1. The van der Waals surface area contributed by atoms with Gasteiger partial charge in [0.2, 0.25) is 10.0 Å². The van der Waals surface area contributed by atoms with Crippen LogP contribution < -0.4 is 10.0 Å². The third-order valence-corrected chi connectivity index (χ3v) is 4.94. The lowest BCUT2D eigenvalue weighted by atomic mass is 10.3. The molecule has 0 saturated carbocycles. The number of rotatable bonds is 6. The number of carbonyl (C=O) groups excluding carboxylic acids is 2. The van der Waals surface area contributed by atoms with Crippen molar-refractivity contribution in [2.75, 3.05) is 19.0 Å². The molecule has 9 heteroatoms. The topological polar surface area (TPSA) is 102 Å². The molecule has 2 rings (SSSR count). The smallest absolute Gasteiger partial charge is 0.320 e. The molecule has 0 fully saturated rings. The van der Waals surface area contributed by atoms with Crippen LogP contribution in [0.5, 0.6) is 0 Å². The summed E-state index contributed by atoms with van der Waals surface area (Å²) in [7, 11) is -2.65. The van der Waals surface area contributed by atoms with Crippen molar-refractivity contribution >= 4 is 38.9 Å². The van der Waals surface area contributed by atoms with E-state index in [1.165, 1.54) is 42.7 Å². The molecular weight excluding hydrogens is 340 g/mol. The summed E-state index contributed by atoms with van der Waals surface area (Å²) in [5.74, 6) is -0.959. The number of benzene rings is 1. The van der Waals surface area contributed by atoms with E-state index in [0.29, 0.717) is 11.3 Å². The lowest BCUT2D eigenvalue weighted by molar-refractivity contribution is -0.139. The normalized spacial score (nSPS) is 11.0. The minimum Gasteiger partial charge on any atom is -0.468 e. The first-order chi connectivity index (χ1) is 10.9. The highest BCUT2D eigenvalue weighted by Gasteiger charge is 2.16. The van der Waals surface area contributed by atoms with Gasteiger partial charge in [-0.15, -0.1) is 0 Å². The molecule has 1 aromatic carbocycles. The van der Waals surface area contributed by atoms with Gasteiger partial charge in [0.1, 0.15) is 6.54 Å². The zero-order valence-corrected chi connectivity index (χ0v) is 13.7. The molecule has 0 spiro atoms. The average molecular weight is 354 g/mol. The van der Waals surface area contributed by atoms with E-state index in [1.54, 1.807) is 16.8 Å². The standard InChI is InChI=1S/C14H14N2O5S2/c1-21-13(17)8-15-23(19,20)12-4-2-11(3-5-12)16-14(18)10-6-7-22-9-10/h2-7,9,15H,8H2,1H3,(H,16,18). The summed E-state index contributed by atoms with van der Waals surface area (Å²) < 4.78 is 30.4. The molecule has 2 N–H and O–H groups in total. The summed E-state index contributed by atoms with van der Waals surface area (Å²) >= 11 is 1.41. The summed E-state index contributed by atoms with van der Waals surface area (Å²) in [6.45, 7) is -0.449. The van der Waals surface area contributed by atoms with Crippen LogP contribution in [0.1, 0.15) is 10.4 Å². The zero-order valence-electron chi connectivity index (χ0n) is 12.1. The summed E-state index contributed by atoms with van der Waals surface area (Å²) in [6.07, 6.45) is 0. The molecule has 0 saturated heterocycles. The molecule has 7 nitrogen and oxygen atoms in total. The molecule has 23 heavy (non-hydrogen) atoms. The van der Waals surface area contributed by atoms with Crippen molar-refractivity contribution in [2.24, 2.45) is 0 Å². The van der Waals surface area contributed by atoms with Crippen LogP contribution in [0.2, 0.25) is 0 Å². The van der Waals surface area contributed by atoms with Gasteiger partial charge in [0.05, 0.1) is 17.6 Å². The van der Waals surface area contributed by atoms with Gasteiger partial charge in [0, 0.05) is 11.1 Å². The Bertz CT molecular complexity index is 783. The third-order valence-electron chi connectivity index (χ3n) is 2.84. The fourth-order valence-corrected chi connectivity index (χ4v) is 3.23. The molecule has 0 aliphatic carbocycles. The summed E-state index contributed by atoms with van der Waals surface area (Å²) in [6, 6.07) is 7.30. The highest BCUT2D eigenvalue weighted by atomic mass is 32.2. The Balaban J connectivity index is 2.04. The maximum absolute atomic E-state index is 12.0. The van der Waals surface area contributed by atoms with Crippen LogP contribution in [0, 0.1) is 0 Å². The van der Waals surface area contributed by atoms with Gasteiger partial charge < -0.3 is 10.1 Å². The van der Waals surface area contributed by atoms with Gasteiger partial charge in [-0.2, -0.15) is 16.1 Å². The first kappa shape index (κ1) is 17.1. The molecule has 0 unspecified atom stereocenters. The second-order valence-corrected chi connectivity index (χ2v) is 6.94. The lowest BCUT2D eigenvalue weighted by Gasteiger charge is -2.07. The molecule has 0 bridgehead atoms. The third kappa shape index (κ3) is 4.62. The van der Waals surface area contributed by atoms with E-state index in [2.05, 4.69) is 14.8 Å². The maximum Gasteiger partial charge on any atom is 0.320 e. The fourth-order valence-electron chi connectivity index (χ4n) is 1.62. The van der Waals surface area contributed by atoms with Crippen LogP contribution in [0.4, 0.5) is 5.69 Å². The van der Waals surface area contributed by atoms with Crippen LogP contribution in [0.15, 0.2) is 46.0 Å². The van der Waals surface area contributed by atoms with Crippen LogP contribution in [-0.4, -0.2) is 33.9 Å². The Morgan fingerprint density at radius 2 is 1.87 bits per heavy atom. The zero-order chi connectivity index (χ0) is 16.9. The second-order valence-electron chi connectivity index (χ2n) is 4.39. The average Bonchev–Trinajstić information content (AvgIpc) is 3.08. The van der Waals surface area contributed by atoms with E-state index >= 15 is 0 Å². The molecular formula is C14H14N2O5S2. The molecule has 1 heterocycles. The molecule has 0 aliphatic rings. The molecule has 0 radical (unpaired) electrons. The van der Waals surface area contributed by atoms with Crippen molar-refractivity contribution in [2.45, 2.75) is 4.90 Å². The fraction of sp³-hybridized carbons (Fsp3) is 0.143. The summed E-state index contributed by atoms with van der Waals surface area (Å²) in [4.78, 5) is 22.8. The van der Waals surface area contributed by atoms with Crippen molar-refractivity contribution in [3.8, 4) is 0 Å². The summed E-state index contributed by atoms with van der Waals surface area (Å²) in [5.41, 5.74) is 1.000. The number of thiophene rings is 1. The quantitative estimate of drug-likeness (QED) is 0.765. The Morgan fingerprint density at radius 1 is 1.17 bits per heavy atom. The van der Waals surface area contributed by atoms with E-state index in [0.717, 1.165) is 0 Å². The number of carbonyl (C=O) groups is 2. The first-order valence-corrected chi connectivity index (χ1v) is 8.85. The van der Waals surface area contributed by atoms with Gasteiger partial charge >= 0.3 is 5.97 Å². The highest BCUT2D eigenvalue weighted by molar-refractivity contribution is 7.89. The molecule has 1 amide bonds. The van der Waals surface area contributed by atoms with E-state index in [4.69, 9.17) is 0 Å². The van der Waals surface area contributed by atoms with Gasteiger partial charge in [-0.05, 0) is 35.7 Å². The van der Waals surface area contributed by atoms with Crippen molar-refractivity contribution in [3.05, 3.63) is 46.7 Å². The number of nitrogens with one attached hydrogen (secondary N) is 2. The molecule has 122 valence electrons. The van der Waals surface area contributed by atoms with Gasteiger partial charge in [0.25, 0.3) is 5.91 Å². The van der Waals surface area contributed by atoms with E-state index < -0.39 is 22.5 Å². The van der Waals surface area contributed by atoms with Gasteiger partial charge in [-0.3, -0.25) is 9.59 Å². The number of ether oxygens (including phenoxy) is 1. The highest BCUT2D eigenvalue weighted by Crippen LogP contribution is 2.15. The number of amides is 1. The van der Waals surface area contributed by atoms with Gasteiger partial charge in [0.15, 0.2) is 0 Å². The van der Waals surface area contributed by atoms with Crippen LogP contribution >= 0.6 is 11.3 Å². The minimum atomic E-state index is -3.82. The monoisotopic (exact) mass is 354 g/mol. The summed E-state index contributed by atoms with van der Waals surface area (Å²) in [5, 5.41) is 6.16. The number of hydrogen-bond donors (Lipinski definition) is 2. The van der Waals surface area contributed by atoms with Crippen molar-refractivity contribution in [3.63, 3.8) is 0 Å². The van der Waals surface area contributed by atoms with E-state index in [-0.39, 0.29) is 10.8 Å². The van der Waals surface area contributed by atoms with Crippen molar-refractivity contribution in [1.29, 1.82) is 0 Å². The largest absolute Gasteiger partial charge is 0.468 e. The molecule has 1 aromatic heterocycles. The van der Waals surface area contributed by atoms with Gasteiger partial charge in [-0.25, -0.2) is 8.42 Å². The van der Waals surface area contributed by atoms with Crippen molar-refractivity contribution in [1.82, 2.24) is 4.72 Å². The van der Waals surface area contributed by atoms with Crippen LogP contribution in [0.3, 0.4) is 0 Å². The number of methoxy groups -OCH3 is 1. The molecule has 2 aromatic rings. The lowest BCUT2D eigenvalue weighted by Crippen LogP contribution is -2.30. The number of sulfonamides is 1. The van der Waals surface area contributed by atoms with Crippen LogP contribution in [-0.2, 0) is 19.6 Å². The van der Waals surface area contributed by atoms with Crippen molar-refractivity contribution < 1.29 is 22.7 Å². The molecule has 0 aliphatic heterocycles. The Labute approximate surface area is 137 Å². The Morgan fingerprint density at radius 3 is 2.43 bits per heavy atom. The van der Waals surface area contributed by atoms with Crippen LogP contribution in [0.25, 0.3) is 0 Å². The minimum absolute atomic E-state index is 0.0186. The Hall–Kier alpha value is -2.23. The first-order valence-electron chi connectivity index (χ1n) is 6.42. The predicted molar refractivity (Wildman–Crippen MR) is 85.9 cm³/mol. The Kier molecular flexibility index (Phi) is 5.48. The maximum atomic E-state index is 12.0. The number of esters is 1. The second kappa shape index (κ2) is 7.36. The van der Waals surface area contributed by atoms with E-state index in [1.807, 2.05) is 0 Å². The predicted octanol–water partition coefficient (Wildman–Crippen LogP) is 1.45. The molecule has 0 atom stereocenters. The van der Waals surface area contributed by atoms with Gasteiger partial charge in [-0.1, -0.05) is 0 Å². The SMILES string of the molecule is COC(=O)CNS(=O)(=O)c1ccc(NC(=O)c2ccsc2)cc1. The number of hydrogen-bond acceptors (Lipinski definition) is 6. The van der Waals surface area contributed by atoms with E-state index in [9.17, 15) is 18.0 Å².